The van der Waals surface area contributed by atoms with Gasteiger partial charge in [-0.15, -0.1) is 0 Å². The summed E-state index contributed by atoms with van der Waals surface area (Å²) in [5, 5.41) is 9.36. The highest BCUT2D eigenvalue weighted by atomic mass is 35.5. The van der Waals surface area contributed by atoms with Gasteiger partial charge in [0.25, 0.3) is 0 Å². The van der Waals surface area contributed by atoms with Gasteiger partial charge in [-0.1, -0.05) is 170 Å². The molecule has 8 aromatic carbocycles. The predicted molar refractivity (Wildman–Crippen MR) is 248 cm³/mol. The molecule has 2 aliphatic heterocycles. The van der Waals surface area contributed by atoms with E-state index in [0.717, 1.165) is 33.4 Å². The van der Waals surface area contributed by atoms with E-state index in [0.29, 0.717) is 22.9 Å². The zero-order chi connectivity index (χ0) is 42.8. The van der Waals surface area contributed by atoms with Crippen LogP contribution in [0.1, 0.15) is 60.3 Å². The van der Waals surface area contributed by atoms with Crippen molar-refractivity contribution in [3.8, 4) is 22.3 Å². The van der Waals surface area contributed by atoms with Gasteiger partial charge in [-0.3, -0.25) is 0 Å². The maximum Gasteiger partial charge on any atom is 0.241 e. The molecule has 64 heavy (non-hydrogen) atoms. The number of sulfonamides is 2. The largest absolute Gasteiger partial charge is 1.00 e. The van der Waals surface area contributed by atoms with E-state index in [9.17, 15) is 16.8 Å². The Hall–Kier alpha value is -5.40. The topological polar surface area (TPSA) is 126 Å². The lowest BCUT2D eigenvalue weighted by Crippen LogP contribution is -3.00. The molecule has 2 heterocycles. The first-order valence-corrected chi connectivity index (χ1v) is 24.1. The molecule has 0 saturated heterocycles. The third-order valence-corrected chi connectivity index (χ3v) is 15.3. The summed E-state index contributed by atoms with van der Waals surface area (Å²) in [6.45, 7) is 5.56. The average Bonchev–Trinajstić information content (AvgIpc) is 3.47. The van der Waals surface area contributed by atoms with Crippen LogP contribution in [0, 0.1) is 0 Å². The van der Waals surface area contributed by atoms with Crippen LogP contribution in [0.2, 0.25) is 0 Å². The van der Waals surface area contributed by atoms with Crippen LogP contribution in [0.3, 0.4) is 0 Å². The van der Waals surface area contributed by atoms with Gasteiger partial charge < -0.3 is 35.4 Å². The molecule has 8 nitrogen and oxygen atoms in total. The zero-order valence-electron chi connectivity index (χ0n) is 35.4. The van der Waals surface area contributed by atoms with Crippen LogP contribution in [0.5, 0.6) is 0 Å². The summed E-state index contributed by atoms with van der Waals surface area (Å²) < 4.78 is 58.5. The molecule has 10 rings (SSSR count). The molecule has 0 radical (unpaired) electrons. The van der Waals surface area contributed by atoms with Crippen molar-refractivity contribution in [2.45, 2.75) is 47.8 Å². The van der Waals surface area contributed by atoms with Gasteiger partial charge in [-0.25, -0.2) is 16.8 Å². The Kier molecular flexibility index (Phi) is 14.4. The van der Waals surface area contributed by atoms with E-state index in [1.165, 1.54) is 32.7 Å². The molecule has 0 unspecified atom stereocenters. The van der Waals surface area contributed by atoms with Crippen LogP contribution in [0.4, 0.5) is 0 Å². The fourth-order valence-corrected chi connectivity index (χ4v) is 12.0. The normalized spacial score (nSPS) is 17.5. The Morgan fingerprint density at radius 2 is 0.750 bits per heavy atom. The fourth-order valence-electron chi connectivity index (χ4n) is 9.15. The molecule has 0 spiro atoms. The second-order valence-electron chi connectivity index (χ2n) is 16.2. The first-order valence-electron chi connectivity index (χ1n) is 21.1. The van der Waals surface area contributed by atoms with E-state index in [-0.39, 0.29) is 49.0 Å². The van der Waals surface area contributed by atoms with Gasteiger partial charge in [0, 0.05) is 22.3 Å². The van der Waals surface area contributed by atoms with Gasteiger partial charge >= 0.3 is 0 Å². The standard InChI is InChI=1S/2C26H24N2O2S.2ClH/c2*1-18(20-15-8-10-19-9-2-3-11-21(19)20)27-17-25-23-13-5-4-12-22(23)24-14-6-7-16-26(24)31(29,30)28-25;;/h2*2-16,18,25,27-28H,17H2,1H3;2*1H/t2*18-,25+;;/m11../s1. The van der Waals surface area contributed by atoms with Crippen molar-refractivity contribution in [2.24, 2.45) is 0 Å². The van der Waals surface area contributed by atoms with Crippen molar-refractivity contribution >= 4 is 41.6 Å². The van der Waals surface area contributed by atoms with Crippen LogP contribution >= 0.6 is 0 Å². The summed E-state index contributed by atoms with van der Waals surface area (Å²) in [4.78, 5) is 0.680. The quantitative estimate of drug-likeness (QED) is 0.187. The molecular weight excluding hydrogens is 880 g/mol. The van der Waals surface area contributed by atoms with Gasteiger partial charge in [0.15, 0.2) is 0 Å². The monoisotopic (exact) mass is 928 g/mol. The number of nitrogens with two attached hydrogens (primary N) is 2. The maximum atomic E-state index is 13.1. The van der Waals surface area contributed by atoms with Gasteiger partial charge in [-0.05, 0) is 69.8 Å². The van der Waals surface area contributed by atoms with Crippen molar-refractivity contribution in [1.29, 1.82) is 0 Å². The van der Waals surface area contributed by atoms with E-state index in [1.807, 2.05) is 72.8 Å². The predicted octanol–water partition coefficient (Wildman–Crippen LogP) is 2.34. The Labute approximate surface area is 388 Å². The summed E-state index contributed by atoms with van der Waals surface area (Å²) in [6, 6.07) is 59.7. The maximum absolute atomic E-state index is 13.1. The van der Waals surface area contributed by atoms with E-state index in [4.69, 9.17) is 0 Å². The third kappa shape index (κ3) is 9.38. The number of quaternary nitrogens is 2. The molecular formula is C52H50Cl2N4O4S2. The molecule has 328 valence electrons. The van der Waals surface area contributed by atoms with Gasteiger partial charge in [-0.2, -0.15) is 9.44 Å². The molecule has 6 N–H and O–H groups in total. The highest BCUT2D eigenvalue weighted by molar-refractivity contribution is 7.90. The average molecular weight is 930 g/mol. The highest BCUT2D eigenvalue weighted by Crippen LogP contribution is 2.38. The number of hydrogen-bond acceptors (Lipinski definition) is 4. The third-order valence-electron chi connectivity index (χ3n) is 12.3. The molecule has 8 aromatic rings. The first-order chi connectivity index (χ1) is 30.1. The van der Waals surface area contributed by atoms with E-state index >= 15 is 0 Å². The van der Waals surface area contributed by atoms with Crippen molar-refractivity contribution in [3.05, 3.63) is 204 Å². The minimum Gasteiger partial charge on any atom is -1.00 e. The lowest BCUT2D eigenvalue weighted by molar-refractivity contribution is -0.695. The molecule has 0 saturated carbocycles. The lowest BCUT2D eigenvalue weighted by Gasteiger charge is -2.20. The smallest absolute Gasteiger partial charge is 0.241 e. The molecule has 0 bridgehead atoms. The van der Waals surface area contributed by atoms with Crippen molar-refractivity contribution in [2.75, 3.05) is 13.1 Å². The summed E-state index contributed by atoms with van der Waals surface area (Å²) in [7, 11) is -7.23. The van der Waals surface area contributed by atoms with Crippen LogP contribution in [-0.2, 0) is 20.0 Å². The minimum absolute atomic E-state index is 0. The van der Waals surface area contributed by atoms with Crippen molar-refractivity contribution < 1.29 is 52.3 Å². The Morgan fingerprint density at radius 3 is 1.17 bits per heavy atom. The number of fused-ring (bicyclic) bond motifs is 8. The Balaban J connectivity index is 0.000000186. The molecule has 0 fully saturated rings. The van der Waals surface area contributed by atoms with Crippen molar-refractivity contribution in [1.82, 2.24) is 9.44 Å². The van der Waals surface area contributed by atoms with E-state index in [2.05, 4.69) is 119 Å². The summed E-state index contributed by atoms with van der Waals surface area (Å²) in [6.07, 6.45) is 0. The summed E-state index contributed by atoms with van der Waals surface area (Å²) in [5.74, 6) is 0. The van der Waals surface area contributed by atoms with Crippen molar-refractivity contribution in [3.63, 3.8) is 0 Å². The number of halogens is 2. The zero-order valence-corrected chi connectivity index (χ0v) is 38.5. The number of rotatable bonds is 8. The molecule has 4 atom stereocenters. The summed E-state index contributed by atoms with van der Waals surface area (Å²) >= 11 is 0. The highest BCUT2D eigenvalue weighted by Gasteiger charge is 2.33. The molecule has 2 aliphatic rings. The van der Waals surface area contributed by atoms with E-state index in [1.54, 1.807) is 24.3 Å². The lowest BCUT2D eigenvalue weighted by atomic mass is 9.94. The summed E-state index contributed by atoms with van der Waals surface area (Å²) in [5.41, 5.74) is 8.00. The second kappa shape index (κ2) is 19.8. The van der Waals surface area contributed by atoms with E-state index < -0.39 is 20.0 Å². The first kappa shape index (κ1) is 46.6. The second-order valence-corrected chi connectivity index (χ2v) is 19.5. The number of hydrogen-bond donors (Lipinski definition) is 4. The molecule has 0 aromatic heterocycles. The molecule has 12 heteroatoms. The Morgan fingerprint density at radius 1 is 0.422 bits per heavy atom. The number of nitrogens with one attached hydrogen (secondary N) is 2. The van der Waals surface area contributed by atoms with Gasteiger partial charge in [0.2, 0.25) is 20.0 Å². The molecule has 0 amide bonds. The molecule has 0 aliphatic carbocycles. The van der Waals surface area contributed by atoms with Gasteiger partial charge in [0.1, 0.15) is 12.1 Å². The van der Waals surface area contributed by atoms with Crippen LogP contribution in [-0.4, -0.2) is 29.9 Å². The van der Waals surface area contributed by atoms with Gasteiger partial charge in [0.05, 0.1) is 35.0 Å². The minimum atomic E-state index is -3.61. The number of benzene rings is 8. The van der Waals surface area contributed by atoms with Crippen LogP contribution in [0.25, 0.3) is 43.8 Å². The SMILES string of the molecule is C[C@@H]([NH2+]C[C@@H]1NS(=O)(=O)c2ccccc2-c2ccccc21)c1cccc2ccccc12.C[C@@H]([NH2+]C[C@@H]1NS(=O)(=O)c2ccccc2-c2ccccc21)c1cccc2ccccc12.[Cl-].[Cl-]. The van der Waals surface area contributed by atoms with Crippen LogP contribution < -0.4 is 44.9 Å². The Bertz CT molecular complexity index is 2940. The van der Waals surface area contributed by atoms with Crippen LogP contribution in [0.15, 0.2) is 192 Å². The fraction of sp³-hybridized carbons (Fsp3) is 0.154.